The highest BCUT2D eigenvalue weighted by atomic mass is 35.5. The number of carbonyl (C=O) groups is 2. The minimum atomic E-state index is -0.657. The summed E-state index contributed by atoms with van der Waals surface area (Å²) in [5.74, 6) is -1.00. The number of amides is 2. The molecule has 1 aromatic rings. The largest absolute Gasteiger partial charge is 0.393 e. The van der Waals surface area contributed by atoms with E-state index in [1.807, 2.05) is 6.92 Å². The lowest BCUT2D eigenvalue weighted by molar-refractivity contribution is -0.144. The lowest BCUT2D eigenvalue weighted by Crippen LogP contribution is -2.45. The van der Waals surface area contributed by atoms with Crippen molar-refractivity contribution < 1.29 is 14.7 Å². The third kappa shape index (κ3) is 3.99. The first-order chi connectivity index (χ1) is 10.4. The van der Waals surface area contributed by atoms with Gasteiger partial charge in [-0.2, -0.15) is 0 Å². The summed E-state index contributed by atoms with van der Waals surface area (Å²) in [7, 11) is 0. The van der Waals surface area contributed by atoms with Crippen LogP contribution in [-0.2, 0) is 9.59 Å². The zero-order valence-electron chi connectivity index (χ0n) is 12.8. The molecule has 1 saturated heterocycles. The van der Waals surface area contributed by atoms with E-state index in [1.54, 1.807) is 25.1 Å². The molecule has 0 aromatic heterocycles. The van der Waals surface area contributed by atoms with Gasteiger partial charge in [-0.25, -0.2) is 0 Å². The van der Waals surface area contributed by atoms with E-state index in [9.17, 15) is 14.7 Å². The SMILES string of the molecule is Cc1ccc(NC(=O)C(=O)N2CCC(C(C)O)CC2)cc1Cl. The van der Waals surface area contributed by atoms with Crippen molar-refractivity contribution in [3.63, 3.8) is 0 Å². The van der Waals surface area contributed by atoms with E-state index in [1.165, 1.54) is 4.90 Å². The molecule has 1 aliphatic rings. The molecule has 1 aromatic carbocycles. The fraction of sp³-hybridized carbons (Fsp3) is 0.500. The monoisotopic (exact) mass is 324 g/mol. The number of nitrogens with zero attached hydrogens (tertiary/aromatic N) is 1. The van der Waals surface area contributed by atoms with Crippen molar-refractivity contribution >= 4 is 29.1 Å². The number of aliphatic hydroxyl groups excluding tert-OH is 1. The quantitative estimate of drug-likeness (QED) is 0.819. The molecular weight excluding hydrogens is 304 g/mol. The van der Waals surface area contributed by atoms with Crippen LogP contribution in [0.4, 0.5) is 5.69 Å². The molecule has 0 saturated carbocycles. The fourth-order valence-corrected chi connectivity index (χ4v) is 2.76. The molecule has 2 amide bonds. The maximum absolute atomic E-state index is 12.1. The minimum absolute atomic E-state index is 0.197. The van der Waals surface area contributed by atoms with Crippen LogP contribution in [0.1, 0.15) is 25.3 Å². The summed E-state index contributed by atoms with van der Waals surface area (Å²) in [6, 6.07) is 5.13. The van der Waals surface area contributed by atoms with Crippen molar-refractivity contribution in [2.45, 2.75) is 32.8 Å². The Hall–Kier alpha value is -1.59. The van der Waals surface area contributed by atoms with Crippen molar-refractivity contribution in [1.29, 1.82) is 0 Å². The summed E-state index contributed by atoms with van der Waals surface area (Å²) < 4.78 is 0. The van der Waals surface area contributed by atoms with Gasteiger partial charge in [0.2, 0.25) is 0 Å². The third-order valence-electron chi connectivity index (χ3n) is 4.13. The first-order valence-electron chi connectivity index (χ1n) is 7.43. The predicted octanol–water partition coefficient (Wildman–Crippen LogP) is 2.21. The van der Waals surface area contributed by atoms with Crippen LogP contribution in [0.15, 0.2) is 18.2 Å². The second kappa shape index (κ2) is 7.11. The molecule has 1 fully saturated rings. The molecule has 0 radical (unpaired) electrons. The zero-order valence-corrected chi connectivity index (χ0v) is 13.6. The predicted molar refractivity (Wildman–Crippen MR) is 85.8 cm³/mol. The number of nitrogens with one attached hydrogen (secondary N) is 1. The molecule has 6 heteroatoms. The number of benzene rings is 1. The van der Waals surface area contributed by atoms with Crippen LogP contribution in [-0.4, -0.2) is 41.0 Å². The molecule has 1 heterocycles. The maximum atomic E-state index is 12.1. The number of carbonyl (C=O) groups excluding carboxylic acids is 2. The highest BCUT2D eigenvalue weighted by molar-refractivity contribution is 6.39. The average Bonchev–Trinajstić information content (AvgIpc) is 2.50. The molecule has 5 nitrogen and oxygen atoms in total. The van der Waals surface area contributed by atoms with E-state index in [0.29, 0.717) is 36.6 Å². The van der Waals surface area contributed by atoms with Gasteiger partial charge in [0, 0.05) is 23.8 Å². The number of anilines is 1. The molecule has 0 aliphatic carbocycles. The van der Waals surface area contributed by atoms with Crippen LogP contribution in [0.2, 0.25) is 5.02 Å². The molecule has 22 heavy (non-hydrogen) atoms. The molecule has 1 unspecified atom stereocenters. The summed E-state index contributed by atoms with van der Waals surface area (Å²) in [6.07, 6.45) is 1.06. The van der Waals surface area contributed by atoms with Crippen molar-refractivity contribution in [3.8, 4) is 0 Å². The van der Waals surface area contributed by atoms with E-state index >= 15 is 0 Å². The van der Waals surface area contributed by atoms with Gasteiger partial charge in [-0.15, -0.1) is 0 Å². The molecule has 0 bridgehead atoms. The van der Waals surface area contributed by atoms with Crippen molar-refractivity contribution in [2.75, 3.05) is 18.4 Å². The van der Waals surface area contributed by atoms with E-state index in [4.69, 9.17) is 11.6 Å². The molecule has 1 aliphatic heterocycles. The van der Waals surface area contributed by atoms with Crippen LogP contribution < -0.4 is 5.32 Å². The van der Waals surface area contributed by atoms with Crippen LogP contribution in [0.25, 0.3) is 0 Å². The smallest absolute Gasteiger partial charge is 0.313 e. The van der Waals surface area contributed by atoms with Crippen molar-refractivity contribution in [2.24, 2.45) is 5.92 Å². The highest BCUT2D eigenvalue weighted by Gasteiger charge is 2.28. The molecule has 2 rings (SSSR count). The summed E-state index contributed by atoms with van der Waals surface area (Å²) in [4.78, 5) is 25.7. The van der Waals surface area contributed by atoms with Crippen LogP contribution >= 0.6 is 11.6 Å². The lowest BCUT2D eigenvalue weighted by Gasteiger charge is -2.32. The first-order valence-corrected chi connectivity index (χ1v) is 7.80. The van der Waals surface area contributed by atoms with Gasteiger partial charge < -0.3 is 15.3 Å². The standard InChI is InChI=1S/C16H21ClN2O3/c1-10-3-4-13(9-14(10)17)18-15(21)16(22)19-7-5-12(6-8-19)11(2)20/h3-4,9,11-12,20H,5-8H2,1-2H3,(H,18,21). The van der Waals surface area contributed by atoms with E-state index in [2.05, 4.69) is 5.32 Å². The maximum Gasteiger partial charge on any atom is 0.313 e. The second-order valence-corrected chi connectivity index (χ2v) is 6.20. The molecule has 1 atom stereocenters. The summed E-state index contributed by atoms with van der Waals surface area (Å²) >= 11 is 6.00. The molecule has 0 spiro atoms. The molecule has 2 N–H and O–H groups in total. The topological polar surface area (TPSA) is 69.6 Å². The normalized spacial score (nSPS) is 17.2. The van der Waals surface area contributed by atoms with Crippen LogP contribution in [0, 0.1) is 12.8 Å². The lowest BCUT2D eigenvalue weighted by atomic mass is 9.92. The van der Waals surface area contributed by atoms with Gasteiger partial charge in [-0.3, -0.25) is 9.59 Å². The van der Waals surface area contributed by atoms with Crippen molar-refractivity contribution in [1.82, 2.24) is 4.90 Å². The third-order valence-corrected chi connectivity index (χ3v) is 4.54. The van der Waals surface area contributed by atoms with Gasteiger partial charge in [-0.1, -0.05) is 17.7 Å². The Balaban J connectivity index is 1.92. The summed E-state index contributed by atoms with van der Waals surface area (Å²) in [6.45, 7) is 4.62. The van der Waals surface area contributed by atoms with E-state index < -0.39 is 11.8 Å². The van der Waals surface area contributed by atoms with E-state index in [-0.39, 0.29) is 12.0 Å². The molecular formula is C16H21ClN2O3. The number of hydrogen-bond donors (Lipinski definition) is 2. The summed E-state index contributed by atoms with van der Waals surface area (Å²) in [5, 5.41) is 12.7. The number of piperidine rings is 1. The van der Waals surface area contributed by atoms with Gasteiger partial charge in [0.15, 0.2) is 0 Å². The van der Waals surface area contributed by atoms with Gasteiger partial charge in [0.25, 0.3) is 0 Å². The number of aliphatic hydroxyl groups is 1. The number of halogens is 1. The Bertz CT molecular complexity index is 567. The van der Waals surface area contributed by atoms with Gasteiger partial charge in [0.05, 0.1) is 6.10 Å². The Morgan fingerprint density at radius 2 is 2.00 bits per heavy atom. The number of aryl methyl sites for hydroxylation is 1. The molecule has 120 valence electrons. The zero-order chi connectivity index (χ0) is 16.3. The fourth-order valence-electron chi connectivity index (χ4n) is 2.58. The van der Waals surface area contributed by atoms with Gasteiger partial charge in [0.1, 0.15) is 0 Å². The Labute approximate surface area is 135 Å². The van der Waals surface area contributed by atoms with Crippen molar-refractivity contribution in [3.05, 3.63) is 28.8 Å². The van der Waals surface area contributed by atoms with Crippen LogP contribution in [0.3, 0.4) is 0 Å². The first kappa shape index (κ1) is 16.8. The summed E-state index contributed by atoms with van der Waals surface area (Å²) in [5.41, 5.74) is 1.42. The number of hydrogen-bond acceptors (Lipinski definition) is 3. The number of likely N-dealkylation sites (tertiary alicyclic amines) is 1. The Morgan fingerprint density at radius 3 is 2.55 bits per heavy atom. The number of rotatable bonds is 2. The average molecular weight is 325 g/mol. The second-order valence-electron chi connectivity index (χ2n) is 5.79. The van der Waals surface area contributed by atoms with Gasteiger partial charge >= 0.3 is 11.8 Å². The van der Waals surface area contributed by atoms with Crippen LogP contribution in [0.5, 0.6) is 0 Å². The highest BCUT2D eigenvalue weighted by Crippen LogP contribution is 2.22. The van der Waals surface area contributed by atoms with E-state index in [0.717, 1.165) is 5.56 Å². The Morgan fingerprint density at radius 1 is 1.36 bits per heavy atom. The Kier molecular flexibility index (Phi) is 5.42. The minimum Gasteiger partial charge on any atom is -0.393 e. The van der Waals surface area contributed by atoms with Gasteiger partial charge in [-0.05, 0) is 50.3 Å².